The summed E-state index contributed by atoms with van der Waals surface area (Å²) in [6.07, 6.45) is 1.87. The molecule has 0 aromatic heterocycles. The van der Waals surface area contributed by atoms with Gasteiger partial charge in [0.15, 0.2) is 0 Å². The quantitative estimate of drug-likeness (QED) is 0.761. The Balaban J connectivity index is 2.46. The second-order valence-electron chi connectivity index (χ2n) is 5.48. The van der Waals surface area contributed by atoms with Gasteiger partial charge in [-0.1, -0.05) is 13.8 Å². The van der Waals surface area contributed by atoms with Gasteiger partial charge in [-0.25, -0.2) is 12.7 Å². The van der Waals surface area contributed by atoms with Crippen molar-refractivity contribution in [2.75, 3.05) is 39.5 Å². The molecular weight excluding hydrogens is 250 g/mol. The lowest BCUT2D eigenvalue weighted by Gasteiger charge is -2.34. The van der Waals surface area contributed by atoms with Gasteiger partial charge in [-0.3, -0.25) is 0 Å². The van der Waals surface area contributed by atoms with Gasteiger partial charge in [0.2, 0.25) is 10.0 Å². The van der Waals surface area contributed by atoms with E-state index < -0.39 is 10.0 Å². The Hall–Kier alpha value is -0.170. The van der Waals surface area contributed by atoms with Crippen LogP contribution in [-0.4, -0.2) is 69.2 Å². The summed E-state index contributed by atoms with van der Waals surface area (Å²) in [5.74, 6) is 0.189. The van der Waals surface area contributed by atoms with Gasteiger partial charge in [-0.2, -0.15) is 0 Å². The minimum absolute atomic E-state index is 0.172. The molecule has 0 atom stereocenters. The van der Waals surface area contributed by atoms with E-state index in [9.17, 15) is 8.42 Å². The van der Waals surface area contributed by atoms with E-state index in [4.69, 9.17) is 0 Å². The van der Waals surface area contributed by atoms with Gasteiger partial charge in [-0.05, 0) is 33.0 Å². The topological polar surface area (TPSA) is 52.7 Å². The molecule has 1 aliphatic rings. The number of nitrogens with one attached hydrogen (secondary N) is 1. The molecule has 1 saturated heterocycles. The van der Waals surface area contributed by atoms with E-state index in [1.54, 1.807) is 11.4 Å². The van der Waals surface area contributed by atoms with Crippen LogP contribution in [-0.2, 0) is 10.0 Å². The third-order valence-corrected chi connectivity index (χ3v) is 5.45. The van der Waals surface area contributed by atoms with Gasteiger partial charge in [0.05, 0.1) is 5.75 Å². The van der Waals surface area contributed by atoms with Crippen molar-refractivity contribution in [3.8, 4) is 0 Å². The molecule has 1 fully saturated rings. The van der Waals surface area contributed by atoms with E-state index >= 15 is 0 Å². The molecule has 0 unspecified atom stereocenters. The molecule has 0 saturated carbocycles. The second-order valence-corrected chi connectivity index (χ2v) is 7.62. The van der Waals surface area contributed by atoms with Crippen LogP contribution >= 0.6 is 0 Å². The van der Waals surface area contributed by atoms with Crippen LogP contribution in [0, 0.1) is 0 Å². The molecule has 0 bridgehead atoms. The number of hydrogen-bond donors (Lipinski definition) is 1. The normalized spacial score (nSPS) is 19.9. The fourth-order valence-corrected chi connectivity index (χ4v) is 3.54. The summed E-state index contributed by atoms with van der Waals surface area (Å²) >= 11 is 0. The Bertz CT molecular complexity index is 335. The number of piperidine rings is 1. The Morgan fingerprint density at radius 1 is 1.33 bits per heavy atom. The molecular formula is C12H27N3O2S. The summed E-state index contributed by atoms with van der Waals surface area (Å²) in [5.41, 5.74) is 0. The molecule has 108 valence electrons. The van der Waals surface area contributed by atoms with Gasteiger partial charge in [-0.15, -0.1) is 0 Å². The van der Waals surface area contributed by atoms with Gasteiger partial charge in [0.1, 0.15) is 0 Å². The Morgan fingerprint density at radius 2 is 1.89 bits per heavy atom. The summed E-state index contributed by atoms with van der Waals surface area (Å²) in [7, 11) is 0.683. The third kappa shape index (κ3) is 4.84. The minimum atomic E-state index is -3.12. The van der Waals surface area contributed by atoms with Gasteiger partial charge in [0.25, 0.3) is 0 Å². The van der Waals surface area contributed by atoms with Crippen molar-refractivity contribution in [1.29, 1.82) is 0 Å². The highest BCUT2D eigenvalue weighted by molar-refractivity contribution is 7.89. The first-order valence-electron chi connectivity index (χ1n) is 6.70. The molecule has 5 nitrogen and oxygen atoms in total. The molecule has 1 rings (SSSR count). The van der Waals surface area contributed by atoms with E-state index in [1.807, 2.05) is 13.8 Å². The molecule has 0 aliphatic carbocycles. The van der Waals surface area contributed by atoms with E-state index in [0.717, 1.165) is 25.9 Å². The SMILES string of the molecule is CC(C)NCCS(=O)(=O)N(C)C1CCN(C)CC1. The first kappa shape index (κ1) is 15.9. The smallest absolute Gasteiger partial charge is 0.215 e. The predicted molar refractivity (Wildman–Crippen MR) is 75.2 cm³/mol. The van der Waals surface area contributed by atoms with E-state index in [1.165, 1.54) is 0 Å². The summed E-state index contributed by atoms with van der Waals surface area (Å²) < 4.78 is 25.9. The molecule has 0 aromatic rings. The molecule has 1 N–H and O–H groups in total. The number of sulfonamides is 1. The van der Waals surface area contributed by atoms with Crippen LogP contribution in [0.5, 0.6) is 0 Å². The number of nitrogens with zero attached hydrogens (tertiary/aromatic N) is 2. The Labute approximate surface area is 112 Å². The number of rotatable bonds is 6. The van der Waals surface area contributed by atoms with Crippen molar-refractivity contribution in [2.45, 2.75) is 38.8 Å². The lowest BCUT2D eigenvalue weighted by Crippen LogP contribution is -2.46. The summed E-state index contributed by atoms with van der Waals surface area (Å²) in [6, 6.07) is 0.499. The maximum absolute atomic E-state index is 12.2. The van der Waals surface area contributed by atoms with Crippen LogP contribution in [0.2, 0.25) is 0 Å². The van der Waals surface area contributed by atoms with Crippen molar-refractivity contribution in [2.24, 2.45) is 0 Å². The van der Waals surface area contributed by atoms with Gasteiger partial charge < -0.3 is 10.2 Å². The van der Waals surface area contributed by atoms with E-state index in [0.29, 0.717) is 12.6 Å². The van der Waals surface area contributed by atoms with Crippen molar-refractivity contribution >= 4 is 10.0 Å². The zero-order chi connectivity index (χ0) is 13.8. The van der Waals surface area contributed by atoms with Crippen LogP contribution < -0.4 is 5.32 Å². The number of likely N-dealkylation sites (tertiary alicyclic amines) is 1. The van der Waals surface area contributed by atoms with E-state index in [2.05, 4.69) is 17.3 Å². The zero-order valence-corrected chi connectivity index (χ0v) is 12.8. The lowest BCUT2D eigenvalue weighted by molar-refractivity contribution is 0.197. The van der Waals surface area contributed by atoms with Crippen molar-refractivity contribution < 1.29 is 8.42 Å². The van der Waals surface area contributed by atoms with Gasteiger partial charge >= 0.3 is 0 Å². The summed E-state index contributed by atoms with van der Waals surface area (Å²) in [5, 5.41) is 3.15. The third-order valence-electron chi connectivity index (χ3n) is 3.55. The summed E-state index contributed by atoms with van der Waals surface area (Å²) in [4.78, 5) is 2.25. The van der Waals surface area contributed by atoms with Crippen LogP contribution in [0.15, 0.2) is 0 Å². The maximum Gasteiger partial charge on any atom is 0.215 e. The fraction of sp³-hybridized carbons (Fsp3) is 1.00. The zero-order valence-electron chi connectivity index (χ0n) is 12.0. The van der Waals surface area contributed by atoms with Crippen molar-refractivity contribution in [3.05, 3.63) is 0 Å². The lowest BCUT2D eigenvalue weighted by atomic mass is 10.1. The van der Waals surface area contributed by atoms with Crippen LogP contribution in [0.1, 0.15) is 26.7 Å². The molecule has 0 aromatic carbocycles. The Kier molecular flexibility index (Phi) is 6.04. The number of hydrogen-bond acceptors (Lipinski definition) is 4. The predicted octanol–water partition coefficient (Wildman–Crippen LogP) is 0.340. The average molecular weight is 277 g/mol. The highest BCUT2D eigenvalue weighted by atomic mass is 32.2. The van der Waals surface area contributed by atoms with Crippen LogP contribution in [0.25, 0.3) is 0 Å². The van der Waals surface area contributed by atoms with Crippen LogP contribution in [0.4, 0.5) is 0 Å². The second kappa shape index (κ2) is 6.84. The van der Waals surface area contributed by atoms with Crippen molar-refractivity contribution in [1.82, 2.24) is 14.5 Å². The Morgan fingerprint density at radius 3 is 2.39 bits per heavy atom. The molecule has 0 spiro atoms. The average Bonchev–Trinajstić information content (AvgIpc) is 2.28. The van der Waals surface area contributed by atoms with Crippen molar-refractivity contribution in [3.63, 3.8) is 0 Å². The fourth-order valence-electron chi connectivity index (χ4n) is 2.21. The first-order chi connectivity index (χ1) is 8.33. The molecule has 6 heteroatoms. The molecule has 0 amide bonds. The van der Waals surface area contributed by atoms with E-state index in [-0.39, 0.29) is 11.8 Å². The highest BCUT2D eigenvalue weighted by Crippen LogP contribution is 2.17. The maximum atomic E-state index is 12.2. The minimum Gasteiger partial charge on any atom is -0.313 e. The molecule has 1 heterocycles. The monoisotopic (exact) mass is 277 g/mol. The standard InChI is InChI=1S/C12H27N3O2S/c1-11(2)13-7-10-18(16,17)15(4)12-5-8-14(3)9-6-12/h11-13H,5-10H2,1-4H3. The van der Waals surface area contributed by atoms with Crippen LogP contribution in [0.3, 0.4) is 0 Å². The van der Waals surface area contributed by atoms with Gasteiger partial charge in [0, 0.05) is 25.7 Å². The summed E-state index contributed by atoms with van der Waals surface area (Å²) in [6.45, 7) is 6.53. The first-order valence-corrected chi connectivity index (χ1v) is 8.31. The molecule has 1 aliphatic heterocycles. The molecule has 18 heavy (non-hydrogen) atoms. The highest BCUT2D eigenvalue weighted by Gasteiger charge is 2.28. The largest absolute Gasteiger partial charge is 0.313 e. The molecule has 0 radical (unpaired) electrons.